The van der Waals surface area contributed by atoms with E-state index in [0.29, 0.717) is 17.4 Å². The number of pyridine rings is 2. The Hall–Kier alpha value is -3.75. The van der Waals surface area contributed by atoms with Gasteiger partial charge in [-0.1, -0.05) is 12.1 Å². The number of nitrogens with two attached hydrogens (primary N) is 1. The molecule has 1 aromatic carbocycles. The quantitative estimate of drug-likeness (QED) is 0.420. The SMILES string of the molecule is CN(C)C(=O)c1ccc(C2CCN(Cc3cc4c(-c5ccc(N)nc5CO)ccnc4n3C)CC2)cc1. The predicted octanol–water partition coefficient (Wildman–Crippen LogP) is 3.79. The van der Waals surface area contributed by atoms with Gasteiger partial charge in [0, 0.05) is 56.1 Å². The standard InChI is InChI=1S/C29H34N6O2/c1-33(2)29(37)21-6-4-19(5-7-21)20-11-14-35(15-12-20)17-22-16-25-23(10-13-31-28(25)34(22)3)24-8-9-27(30)32-26(24)18-36/h4-10,13,16,20,36H,11-12,14-15,17-18H2,1-3H3,(H2,30,32). The van der Waals surface area contributed by atoms with Gasteiger partial charge in [0.05, 0.1) is 12.3 Å². The van der Waals surface area contributed by atoms with Gasteiger partial charge in [-0.2, -0.15) is 0 Å². The van der Waals surface area contributed by atoms with Crippen molar-refractivity contribution in [1.82, 2.24) is 24.3 Å². The van der Waals surface area contributed by atoms with E-state index in [2.05, 4.69) is 44.7 Å². The number of likely N-dealkylation sites (tertiary alicyclic amines) is 1. The molecule has 1 aliphatic heterocycles. The Labute approximate surface area is 217 Å². The molecule has 0 bridgehead atoms. The van der Waals surface area contributed by atoms with Crippen molar-refractivity contribution >= 4 is 22.8 Å². The van der Waals surface area contributed by atoms with Gasteiger partial charge in [0.1, 0.15) is 11.5 Å². The van der Waals surface area contributed by atoms with Gasteiger partial charge in [0.2, 0.25) is 0 Å². The van der Waals surface area contributed by atoms with Crippen molar-refractivity contribution in [2.24, 2.45) is 7.05 Å². The third-order valence-corrected chi connectivity index (χ3v) is 7.47. The number of rotatable bonds is 6. The number of anilines is 1. The van der Waals surface area contributed by atoms with Crippen LogP contribution >= 0.6 is 0 Å². The topological polar surface area (TPSA) is 101 Å². The minimum Gasteiger partial charge on any atom is -0.390 e. The summed E-state index contributed by atoms with van der Waals surface area (Å²) >= 11 is 0. The summed E-state index contributed by atoms with van der Waals surface area (Å²) in [7, 11) is 5.62. The highest BCUT2D eigenvalue weighted by Crippen LogP contribution is 2.33. The molecule has 192 valence electrons. The van der Waals surface area contributed by atoms with E-state index in [1.807, 2.05) is 30.5 Å². The fraction of sp³-hybridized carbons (Fsp3) is 0.345. The Bertz CT molecular complexity index is 1420. The van der Waals surface area contributed by atoms with Crippen molar-refractivity contribution in [3.05, 3.63) is 77.2 Å². The number of aliphatic hydroxyl groups excluding tert-OH is 1. The number of nitrogens with zero attached hydrogens (tertiary/aromatic N) is 5. The van der Waals surface area contributed by atoms with Gasteiger partial charge in [0.15, 0.2) is 0 Å². The highest BCUT2D eigenvalue weighted by molar-refractivity contribution is 5.95. The van der Waals surface area contributed by atoms with Crippen LogP contribution in [-0.4, -0.2) is 62.5 Å². The second-order valence-electron chi connectivity index (χ2n) is 10.1. The number of nitrogen functional groups attached to an aromatic ring is 1. The van der Waals surface area contributed by atoms with E-state index in [9.17, 15) is 9.90 Å². The summed E-state index contributed by atoms with van der Waals surface area (Å²) in [4.78, 5) is 25.3. The molecule has 1 amide bonds. The molecule has 1 aliphatic rings. The number of aryl methyl sites for hydroxylation is 1. The number of carbonyl (C=O) groups excluding carboxylic acids is 1. The molecule has 37 heavy (non-hydrogen) atoms. The zero-order valence-corrected chi connectivity index (χ0v) is 21.7. The van der Waals surface area contributed by atoms with E-state index in [4.69, 9.17) is 5.73 Å². The first kappa shape index (κ1) is 24.9. The van der Waals surface area contributed by atoms with Crippen LogP contribution in [0.15, 0.2) is 54.7 Å². The van der Waals surface area contributed by atoms with Crippen molar-refractivity contribution in [1.29, 1.82) is 0 Å². The van der Waals surface area contributed by atoms with E-state index in [1.165, 1.54) is 11.3 Å². The predicted molar refractivity (Wildman–Crippen MR) is 146 cm³/mol. The number of aromatic nitrogens is 3. The smallest absolute Gasteiger partial charge is 0.253 e. The zero-order chi connectivity index (χ0) is 26.1. The lowest BCUT2D eigenvalue weighted by Gasteiger charge is -2.32. The lowest BCUT2D eigenvalue weighted by atomic mass is 9.89. The van der Waals surface area contributed by atoms with Crippen LogP contribution in [0, 0.1) is 0 Å². The molecule has 3 N–H and O–H groups in total. The molecule has 0 radical (unpaired) electrons. The Balaban J connectivity index is 1.31. The maximum atomic E-state index is 12.2. The average molecular weight is 499 g/mol. The van der Waals surface area contributed by atoms with Gasteiger partial charge < -0.3 is 20.3 Å². The van der Waals surface area contributed by atoms with Crippen molar-refractivity contribution < 1.29 is 9.90 Å². The maximum absolute atomic E-state index is 12.2. The highest BCUT2D eigenvalue weighted by atomic mass is 16.3. The number of hydrogen-bond acceptors (Lipinski definition) is 6. The molecule has 8 nitrogen and oxygen atoms in total. The lowest BCUT2D eigenvalue weighted by molar-refractivity contribution is 0.0827. The number of aliphatic hydroxyl groups is 1. The third-order valence-electron chi connectivity index (χ3n) is 7.47. The summed E-state index contributed by atoms with van der Waals surface area (Å²) in [5.41, 5.74) is 12.4. The van der Waals surface area contributed by atoms with Crippen LogP contribution in [0.4, 0.5) is 5.82 Å². The number of fused-ring (bicyclic) bond motifs is 1. The molecule has 0 unspecified atom stereocenters. The summed E-state index contributed by atoms with van der Waals surface area (Å²) in [5.74, 6) is 0.942. The zero-order valence-electron chi connectivity index (χ0n) is 21.7. The molecule has 0 aliphatic carbocycles. The van der Waals surface area contributed by atoms with Crippen molar-refractivity contribution in [2.75, 3.05) is 32.9 Å². The summed E-state index contributed by atoms with van der Waals surface area (Å²) in [6.45, 7) is 2.71. The van der Waals surface area contributed by atoms with Crippen LogP contribution in [0.25, 0.3) is 22.2 Å². The summed E-state index contributed by atoms with van der Waals surface area (Å²) in [6.07, 6.45) is 3.98. The van der Waals surface area contributed by atoms with Crippen LogP contribution < -0.4 is 5.73 Å². The fourth-order valence-electron chi connectivity index (χ4n) is 5.35. The van der Waals surface area contributed by atoms with Crippen LogP contribution in [0.1, 0.15) is 46.1 Å². The monoisotopic (exact) mass is 498 g/mol. The summed E-state index contributed by atoms with van der Waals surface area (Å²) in [6, 6.07) is 16.0. The Kier molecular flexibility index (Phi) is 6.95. The molecular formula is C29H34N6O2. The molecule has 0 saturated carbocycles. The maximum Gasteiger partial charge on any atom is 0.253 e. The average Bonchev–Trinajstić information content (AvgIpc) is 3.23. The number of benzene rings is 1. The normalized spacial score (nSPS) is 14.8. The number of amides is 1. The minimum atomic E-state index is -0.173. The van der Waals surface area contributed by atoms with Gasteiger partial charge in [-0.15, -0.1) is 0 Å². The molecule has 0 atom stereocenters. The third kappa shape index (κ3) is 4.95. The van der Waals surface area contributed by atoms with Crippen LogP contribution in [0.5, 0.6) is 0 Å². The van der Waals surface area contributed by atoms with Gasteiger partial charge in [-0.3, -0.25) is 9.69 Å². The summed E-state index contributed by atoms with van der Waals surface area (Å²) < 4.78 is 2.16. The first-order valence-electron chi connectivity index (χ1n) is 12.7. The second-order valence-corrected chi connectivity index (χ2v) is 10.1. The van der Waals surface area contributed by atoms with Crippen molar-refractivity contribution in [3.63, 3.8) is 0 Å². The number of piperidine rings is 1. The largest absolute Gasteiger partial charge is 0.390 e. The van der Waals surface area contributed by atoms with Crippen molar-refractivity contribution in [3.8, 4) is 11.1 Å². The first-order valence-corrected chi connectivity index (χ1v) is 12.7. The minimum absolute atomic E-state index is 0.0363. The number of carbonyl (C=O) groups is 1. The van der Waals surface area contributed by atoms with Gasteiger partial charge >= 0.3 is 0 Å². The molecular weight excluding hydrogens is 464 g/mol. The van der Waals surface area contributed by atoms with E-state index in [0.717, 1.165) is 60.2 Å². The highest BCUT2D eigenvalue weighted by Gasteiger charge is 2.23. The Morgan fingerprint density at radius 1 is 1.08 bits per heavy atom. The molecule has 1 fully saturated rings. The summed E-state index contributed by atoms with van der Waals surface area (Å²) in [5, 5.41) is 10.9. The van der Waals surface area contributed by atoms with E-state index in [1.54, 1.807) is 25.1 Å². The second kappa shape index (κ2) is 10.3. The first-order chi connectivity index (χ1) is 17.9. The molecule has 3 aromatic heterocycles. The molecule has 8 heteroatoms. The van der Waals surface area contributed by atoms with Crippen LogP contribution in [0.2, 0.25) is 0 Å². The molecule has 4 heterocycles. The Morgan fingerprint density at radius 2 is 1.81 bits per heavy atom. The van der Waals surface area contributed by atoms with Gasteiger partial charge in [0.25, 0.3) is 5.91 Å². The Morgan fingerprint density at radius 3 is 2.49 bits per heavy atom. The number of hydrogen-bond donors (Lipinski definition) is 2. The van der Waals surface area contributed by atoms with E-state index < -0.39 is 0 Å². The van der Waals surface area contributed by atoms with Crippen molar-refractivity contribution in [2.45, 2.75) is 31.9 Å². The van der Waals surface area contributed by atoms with E-state index in [-0.39, 0.29) is 12.5 Å². The van der Waals surface area contributed by atoms with Gasteiger partial charge in [-0.05, 0) is 79.4 Å². The molecule has 4 aromatic rings. The lowest BCUT2D eigenvalue weighted by Crippen LogP contribution is -2.33. The molecule has 5 rings (SSSR count). The van der Waals surface area contributed by atoms with Gasteiger partial charge in [-0.25, -0.2) is 9.97 Å². The molecule has 1 saturated heterocycles. The van der Waals surface area contributed by atoms with Crippen LogP contribution in [0.3, 0.4) is 0 Å². The van der Waals surface area contributed by atoms with Crippen LogP contribution in [-0.2, 0) is 20.2 Å². The van der Waals surface area contributed by atoms with E-state index >= 15 is 0 Å². The fourth-order valence-corrected chi connectivity index (χ4v) is 5.35. The molecule has 0 spiro atoms.